The SMILES string of the molecule is CCOC(=O)c1cccc([C@H](C)Nc2ccccc2)c1.Cl. The minimum Gasteiger partial charge on any atom is -0.462 e. The van der Waals surface area contributed by atoms with Crippen molar-refractivity contribution < 1.29 is 9.53 Å². The highest BCUT2D eigenvalue weighted by atomic mass is 35.5. The number of rotatable bonds is 5. The van der Waals surface area contributed by atoms with Crippen LogP contribution in [-0.2, 0) is 4.74 Å². The maximum Gasteiger partial charge on any atom is 0.338 e. The van der Waals surface area contributed by atoms with Crippen molar-refractivity contribution in [2.75, 3.05) is 11.9 Å². The molecule has 0 heterocycles. The first-order chi connectivity index (χ1) is 9.70. The second kappa shape index (κ2) is 8.32. The van der Waals surface area contributed by atoms with Gasteiger partial charge >= 0.3 is 5.97 Å². The van der Waals surface area contributed by atoms with E-state index in [1.54, 1.807) is 13.0 Å². The molecule has 112 valence electrons. The number of carbonyl (C=O) groups is 1. The first-order valence-corrected chi connectivity index (χ1v) is 6.79. The molecule has 0 bridgehead atoms. The van der Waals surface area contributed by atoms with E-state index in [9.17, 15) is 4.79 Å². The molecule has 1 N–H and O–H groups in total. The van der Waals surface area contributed by atoms with Gasteiger partial charge in [0.25, 0.3) is 0 Å². The number of halogens is 1. The topological polar surface area (TPSA) is 38.3 Å². The molecule has 0 saturated carbocycles. The van der Waals surface area contributed by atoms with Gasteiger partial charge in [0.1, 0.15) is 0 Å². The van der Waals surface area contributed by atoms with Gasteiger partial charge in [-0.3, -0.25) is 0 Å². The van der Waals surface area contributed by atoms with Gasteiger partial charge in [0, 0.05) is 11.7 Å². The Hall–Kier alpha value is -2.00. The van der Waals surface area contributed by atoms with Gasteiger partial charge in [0.2, 0.25) is 0 Å². The van der Waals surface area contributed by atoms with Crippen molar-refractivity contribution in [1.29, 1.82) is 0 Å². The predicted octanol–water partition coefficient (Wildman–Crippen LogP) is 4.46. The van der Waals surface area contributed by atoms with Crippen LogP contribution in [0.4, 0.5) is 5.69 Å². The third-order valence-electron chi connectivity index (χ3n) is 3.05. The van der Waals surface area contributed by atoms with E-state index >= 15 is 0 Å². The maximum atomic E-state index is 11.7. The molecule has 0 spiro atoms. The number of hydrogen-bond acceptors (Lipinski definition) is 3. The summed E-state index contributed by atoms with van der Waals surface area (Å²) in [6.45, 7) is 4.26. The summed E-state index contributed by atoms with van der Waals surface area (Å²) >= 11 is 0. The number of nitrogens with one attached hydrogen (secondary N) is 1. The monoisotopic (exact) mass is 305 g/mol. The van der Waals surface area contributed by atoms with Crippen molar-refractivity contribution in [3.8, 4) is 0 Å². The van der Waals surface area contributed by atoms with Gasteiger partial charge in [-0.2, -0.15) is 0 Å². The molecule has 4 heteroatoms. The van der Waals surface area contributed by atoms with Gasteiger partial charge in [-0.15, -0.1) is 12.4 Å². The molecule has 0 aliphatic rings. The molecular weight excluding hydrogens is 286 g/mol. The second-order valence-electron chi connectivity index (χ2n) is 4.58. The van der Waals surface area contributed by atoms with E-state index < -0.39 is 0 Å². The van der Waals surface area contributed by atoms with Crippen LogP contribution in [0.2, 0.25) is 0 Å². The fraction of sp³-hybridized carbons (Fsp3) is 0.235. The molecule has 0 saturated heterocycles. The summed E-state index contributed by atoms with van der Waals surface area (Å²) in [4.78, 5) is 11.7. The van der Waals surface area contributed by atoms with E-state index in [0.717, 1.165) is 11.3 Å². The van der Waals surface area contributed by atoms with Gasteiger partial charge in [-0.05, 0) is 43.7 Å². The maximum absolute atomic E-state index is 11.7. The van der Waals surface area contributed by atoms with E-state index in [1.807, 2.05) is 48.5 Å². The molecule has 0 radical (unpaired) electrons. The highest BCUT2D eigenvalue weighted by molar-refractivity contribution is 5.89. The molecule has 0 fully saturated rings. The molecule has 0 amide bonds. The van der Waals surface area contributed by atoms with Crippen molar-refractivity contribution in [2.45, 2.75) is 19.9 Å². The van der Waals surface area contributed by atoms with Crippen molar-refractivity contribution in [2.24, 2.45) is 0 Å². The van der Waals surface area contributed by atoms with Gasteiger partial charge in [-0.25, -0.2) is 4.79 Å². The molecule has 2 aromatic rings. The van der Waals surface area contributed by atoms with Crippen LogP contribution in [0.25, 0.3) is 0 Å². The van der Waals surface area contributed by atoms with Crippen molar-refractivity contribution in [3.63, 3.8) is 0 Å². The summed E-state index contributed by atoms with van der Waals surface area (Å²) < 4.78 is 5.02. The quantitative estimate of drug-likeness (QED) is 0.829. The van der Waals surface area contributed by atoms with Gasteiger partial charge in [-0.1, -0.05) is 30.3 Å². The number of carbonyl (C=O) groups excluding carboxylic acids is 1. The van der Waals surface area contributed by atoms with E-state index in [-0.39, 0.29) is 24.4 Å². The van der Waals surface area contributed by atoms with Crippen LogP contribution in [0, 0.1) is 0 Å². The molecule has 0 unspecified atom stereocenters. The lowest BCUT2D eigenvalue weighted by molar-refractivity contribution is 0.0526. The van der Waals surface area contributed by atoms with E-state index in [4.69, 9.17) is 4.74 Å². The Labute approximate surface area is 131 Å². The lowest BCUT2D eigenvalue weighted by Gasteiger charge is -2.16. The number of benzene rings is 2. The molecule has 0 aromatic heterocycles. The molecule has 1 atom stereocenters. The molecule has 2 rings (SSSR count). The summed E-state index contributed by atoms with van der Waals surface area (Å²) in [6, 6.07) is 17.7. The Balaban J connectivity index is 0.00000220. The third-order valence-corrected chi connectivity index (χ3v) is 3.05. The Morgan fingerprint density at radius 1 is 1.14 bits per heavy atom. The van der Waals surface area contributed by atoms with E-state index in [1.165, 1.54) is 0 Å². The van der Waals surface area contributed by atoms with Crippen LogP contribution in [0.3, 0.4) is 0 Å². The van der Waals surface area contributed by atoms with Crippen molar-refractivity contribution >= 4 is 24.1 Å². The molecular formula is C17H20ClNO2. The minimum atomic E-state index is -0.277. The van der Waals surface area contributed by atoms with Crippen LogP contribution >= 0.6 is 12.4 Å². The molecule has 0 aliphatic heterocycles. The normalized spacial score (nSPS) is 11.1. The van der Waals surface area contributed by atoms with Crippen LogP contribution in [-0.4, -0.2) is 12.6 Å². The van der Waals surface area contributed by atoms with Crippen LogP contribution in [0.5, 0.6) is 0 Å². The Morgan fingerprint density at radius 3 is 2.52 bits per heavy atom. The minimum absolute atomic E-state index is 0. The summed E-state index contributed by atoms with van der Waals surface area (Å²) in [7, 11) is 0. The zero-order valence-corrected chi connectivity index (χ0v) is 13.0. The number of para-hydroxylation sites is 1. The number of hydrogen-bond donors (Lipinski definition) is 1. The molecule has 21 heavy (non-hydrogen) atoms. The van der Waals surface area contributed by atoms with Crippen LogP contribution < -0.4 is 5.32 Å². The summed E-state index contributed by atoms with van der Waals surface area (Å²) in [5.74, 6) is -0.277. The average Bonchev–Trinajstić information content (AvgIpc) is 2.48. The Kier molecular flexibility index (Phi) is 6.76. The lowest BCUT2D eigenvalue weighted by Crippen LogP contribution is -2.09. The summed E-state index contributed by atoms with van der Waals surface area (Å²) in [5.41, 5.74) is 2.70. The van der Waals surface area contributed by atoms with Crippen LogP contribution in [0.1, 0.15) is 35.8 Å². The second-order valence-corrected chi connectivity index (χ2v) is 4.58. The number of ether oxygens (including phenoxy) is 1. The Bertz CT molecular complexity index is 572. The average molecular weight is 306 g/mol. The zero-order valence-electron chi connectivity index (χ0n) is 12.2. The summed E-state index contributed by atoms with van der Waals surface area (Å²) in [5, 5.41) is 3.40. The van der Waals surface area contributed by atoms with Gasteiger partial charge in [0.15, 0.2) is 0 Å². The predicted molar refractivity (Wildman–Crippen MR) is 88.1 cm³/mol. The van der Waals surface area contributed by atoms with Crippen molar-refractivity contribution in [1.82, 2.24) is 0 Å². The van der Waals surface area contributed by atoms with Gasteiger partial charge in [0.05, 0.1) is 12.2 Å². The number of esters is 1. The third kappa shape index (κ3) is 4.80. The van der Waals surface area contributed by atoms with E-state index in [2.05, 4.69) is 12.2 Å². The highest BCUT2D eigenvalue weighted by Gasteiger charge is 2.10. The van der Waals surface area contributed by atoms with Crippen molar-refractivity contribution in [3.05, 3.63) is 65.7 Å². The Morgan fingerprint density at radius 2 is 1.86 bits per heavy atom. The fourth-order valence-corrected chi connectivity index (χ4v) is 2.02. The molecule has 2 aromatic carbocycles. The standard InChI is InChI=1S/C17H19NO2.ClH/c1-3-20-17(19)15-9-7-8-14(12-15)13(2)18-16-10-5-4-6-11-16;/h4-13,18H,3H2,1-2H3;1H/t13-;/m0./s1. The summed E-state index contributed by atoms with van der Waals surface area (Å²) in [6.07, 6.45) is 0. The number of anilines is 1. The smallest absolute Gasteiger partial charge is 0.338 e. The lowest BCUT2D eigenvalue weighted by atomic mass is 10.0. The largest absolute Gasteiger partial charge is 0.462 e. The van der Waals surface area contributed by atoms with Gasteiger partial charge < -0.3 is 10.1 Å². The molecule has 3 nitrogen and oxygen atoms in total. The molecule has 0 aliphatic carbocycles. The highest BCUT2D eigenvalue weighted by Crippen LogP contribution is 2.20. The first kappa shape index (κ1) is 17.1. The van der Waals surface area contributed by atoms with Crippen LogP contribution in [0.15, 0.2) is 54.6 Å². The van der Waals surface area contributed by atoms with E-state index in [0.29, 0.717) is 12.2 Å². The fourth-order valence-electron chi connectivity index (χ4n) is 2.02. The zero-order chi connectivity index (χ0) is 14.4. The first-order valence-electron chi connectivity index (χ1n) is 6.79.